The summed E-state index contributed by atoms with van der Waals surface area (Å²) in [7, 11) is 0. The number of benzene rings is 1. The highest BCUT2D eigenvalue weighted by atomic mass is 79.9. The first kappa shape index (κ1) is 14.5. The van der Waals surface area contributed by atoms with Gasteiger partial charge >= 0.3 is 5.97 Å². The lowest BCUT2D eigenvalue weighted by Gasteiger charge is -2.24. The van der Waals surface area contributed by atoms with Gasteiger partial charge in [-0.05, 0) is 46.8 Å². The van der Waals surface area contributed by atoms with Crippen molar-refractivity contribution in [2.24, 2.45) is 5.92 Å². The number of hydrogen-bond donors (Lipinski definition) is 2. The van der Waals surface area contributed by atoms with E-state index in [0.29, 0.717) is 27.0 Å². The molecule has 0 aliphatic heterocycles. The number of halogens is 2. The Balaban J connectivity index is 2.18. The maximum absolute atomic E-state index is 11.9. The summed E-state index contributed by atoms with van der Waals surface area (Å²) in [5.74, 6) is -0.751. The lowest BCUT2D eigenvalue weighted by molar-refractivity contribution is -0.117. The lowest BCUT2D eigenvalue weighted by atomic mass is 9.83. The van der Waals surface area contributed by atoms with Crippen LogP contribution in [-0.2, 0) is 4.79 Å². The lowest BCUT2D eigenvalue weighted by Crippen LogP contribution is -2.22. The number of amides is 1. The van der Waals surface area contributed by atoms with Crippen LogP contribution < -0.4 is 5.32 Å². The summed E-state index contributed by atoms with van der Waals surface area (Å²) in [6.45, 7) is 0. The molecule has 1 aromatic carbocycles. The molecule has 0 saturated heterocycles. The van der Waals surface area contributed by atoms with Gasteiger partial charge in [-0.2, -0.15) is 0 Å². The van der Waals surface area contributed by atoms with E-state index in [1.807, 2.05) is 0 Å². The Morgan fingerprint density at radius 1 is 1.32 bits per heavy atom. The van der Waals surface area contributed by atoms with Crippen LogP contribution in [0.15, 0.2) is 21.1 Å². The Morgan fingerprint density at radius 2 is 2.00 bits per heavy atom. The van der Waals surface area contributed by atoms with E-state index in [1.165, 1.54) is 12.5 Å². The van der Waals surface area contributed by atoms with Crippen LogP contribution in [0.1, 0.15) is 36.0 Å². The Bertz CT molecular complexity index is 527. The number of nitrogens with one attached hydrogen (secondary N) is 1. The second-order valence-electron chi connectivity index (χ2n) is 4.66. The molecule has 0 atom stereocenters. The standard InChI is InChI=1S/C13H13Br2NO3/c14-8-5-9(13(18)19)12(10(15)6-8)16-11(17)4-7-2-1-3-7/h5-7H,1-4H2,(H,16,17)(H,18,19). The van der Waals surface area contributed by atoms with Crippen LogP contribution in [0.2, 0.25) is 0 Å². The zero-order valence-electron chi connectivity index (χ0n) is 10.1. The predicted octanol–water partition coefficient (Wildman–Crippen LogP) is 4.04. The number of anilines is 1. The summed E-state index contributed by atoms with van der Waals surface area (Å²) in [6.07, 6.45) is 3.81. The molecule has 19 heavy (non-hydrogen) atoms. The molecule has 102 valence electrons. The SMILES string of the molecule is O=C(CC1CCC1)Nc1c(Br)cc(Br)cc1C(=O)O. The maximum atomic E-state index is 11.9. The average molecular weight is 391 g/mol. The number of aromatic carboxylic acids is 1. The molecule has 1 aliphatic carbocycles. The summed E-state index contributed by atoms with van der Waals surface area (Å²) >= 11 is 6.52. The molecular formula is C13H13Br2NO3. The molecule has 1 fully saturated rings. The number of carboxylic acid groups (broad SMARTS) is 1. The van der Waals surface area contributed by atoms with Gasteiger partial charge in [-0.15, -0.1) is 0 Å². The molecular weight excluding hydrogens is 378 g/mol. The van der Waals surface area contributed by atoms with Crippen LogP contribution in [0.5, 0.6) is 0 Å². The van der Waals surface area contributed by atoms with Crippen molar-refractivity contribution in [2.45, 2.75) is 25.7 Å². The molecule has 1 aromatic rings. The van der Waals surface area contributed by atoms with Gasteiger partial charge in [0.1, 0.15) is 0 Å². The van der Waals surface area contributed by atoms with Crippen LogP contribution in [0.25, 0.3) is 0 Å². The van der Waals surface area contributed by atoms with Crippen LogP contribution in [0.3, 0.4) is 0 Å². The van der Waals surface area contributed by atoms with Crippen molar-refractivity contribution in [1.29, 1.82) is 0 Å². The Kier molecular flexibility index (Phi) is 4.62. The zero-order chi connectivity index (χ0) is 14.0. The largest absolute Gasteiger partial charge is 0.478 e. The monoisotopic (exact) mass is 389 g/mol. The molecule has 1 amide bonds. The van der Waals surface area contributed by atoms with Crippen molar-refractivity contribution in [3.05, 3.63) is 26.6 Å². The molecule has 0 spiro atoms. The van der Waals surface area contributed by atoms with E-state index in [4.69, 9.17) is 0 Å². The van der Waals surface area contributed by atoms with Crippen molar-refractivity contribution >= 4 is 49.4 Å². The molecule has 6 heteroatoms. The van der Waals surface area contributed by atoms with Crippen LogP contribution >= 0.6 is 31.9 Å². The van der Waals surface area contributed by atoms with Crippen molar-refractivity contribution in [3.8, 4) is 0 Å². The molecule has 1 saturated carbocycles. The minimum atomic E-state index is -1.07. The molecule has 1 aliphatic rings. The second-order valence-corrected chi connectivity index (χ2v) is 6.43. The van der Waals surface area contributed by atoms with Crippen molar-refractivity contribution in [3.63, 3.8) is 0 Å². The zero-order valence-corrected chi connectivity index (χ0v) is 13.3. The van der Waals surface area contributed by atoms with E-state index in [9.17, 15) is 14.7 Å². The summed E-state index contributed by atoms with van der Waals surface area (Å²) in [6, 6.07) is 3.19. The smallest absolute Gasteiger partial charge is 0.337 e. The fourth-order valence-corrected chi connectivity index (χ4v) is 3.34. The minimum Gasteiger partial charge on any atom is -0.478 e. The molecule has 2 N–H and O–H groups in total. The van der Waals surface area contributed by atoms with E-state index >= 15 is 0 Å². The van der Waals surface area contributed by atoms with Gasteiger partial charge < -0.3 is 10.4 Å². The summed E-state index contributed by atoms with van der Waals surface area (Å²) < 4.78 is 1.20. The fraction of sp³-hybridized carbons (Fsp3) is 0.385. The van der Waals surface area contributed by atoms with E-state index in [0.717, 1.165) is 12.8 Å². The van der Waals surface area contributed by atoms with Crippen molar-refractivity contribution in [2.75, 3.05) is 5.32 Å². The van der Waals surface area contributed by atoms with Gasteiger partial charge in [-0.1, -0.05) is 22.4 Å². The molecule has 4 nitrogen and oxygen atoms in total. The van der Waals surface area contributed by atoms with Gasteiger partial charge in [-0.25, -0.2) is 4.79 Å². The Labute approximate surface area is 127 Å². The number of carboxylic acids is 1. The number of carbonyl (C=O) groups excluding carboxylic acids is 1. The first-order chi connectivity index (χ1) is 8.97. The van der Waals surface area contributed by atoms with E-state index < -0.39 is 5.97 Å². The van der Waals surface area contributed by atoms with Crippen LogP contribution in [0.4, 0.5) is 5.69 Å². The molecule has 0 radical (unpaired) electrons. The van der Waals surface area contributed by atoms with Gasteiger partial charge in [0.25, 0.3) is 0 Å². The average Bonchev–Trinajstić information content (AvgIpc) is 2.26. The minimum absolute atomic E-state index is 0.0724. The third kappa shape index (κ3) is 3.57. The van der Waals surface area contributed by atoms with Gasteiger partial charge in [0, 0.05) is 15.4 Å². The number of hydrogen-bond acceptors (Lipinski definition) is 2. The molecule has 2 rings (SSSR count). The molecule has 0 heterocycles. The highest BCUT2D eigenvalue weighted by molar-refractivity contribution is 9.11. The predicted molar refractivity (Wildman–Crippen MR) is 79.4 cm³/mol. The highest BCUT2D eigenvalue weighted by Crippen LogP contribution is 2.33. The van der Waals surface area contributed by atoms with E-state index in [1.54, 1.807) is 6.07 Å². The third-order valence-corrected chi connectivity index (χ3v) is 4.33. The second kappa shape index (κ2) is 6.05. The topological polar surface area (TPSA) is 66.4 Å². The summed E-state index contributed by atoms with van der Waals surface area (Å²) in [4.78, 5) is 23.1. The van der Waals surface area contributed by atoms with E-state index in [-0.39, 0.29) is 11.5 Å². The first-order valence-electron chi connectivity index (χ1n) is 5.99. The maximum Gasteiger partial charge on any atom is 0.337 e. The normalized spacial score (nSPS) is 14.8. The summed E-state index contributed by atoms with van der Waals surface area (Å²) in [5, 5.41) is 11.9. The molecule has 0 unspecified atom stereocenters. The van der Waals surface area contributed by atoms with Crippen LogP contribution in [-0.4, -0.2) is 17.0 Å². The van der Waals surface area contributed by atoms with Gasteiger partial charge in [0.2, 0.25) is 5.91 Å². The molecule has 0 bridgehead atoms. The van der Waals surface area contributed by atoms with E-state index in [2.05, 4.69) is 37.2 Å². The number of rotatable bonds is 4. The van der Waals surface area contributed by atoms with Crippen molar-refractivity contribution in [1.82, 2.24) is 0 Å². The Hall–Kier alpha value is -0.880. The third-order valence-electron chi connectivity index (χ3n) is 3.25. The van der Waals surface area contributed by atoms with Crippen LogP contribution in [0, 0.1) is 5.92 Å². The molecule has 0 aromatic heterocycles. The first-order valence-corrected chi connectivity index (χ1v) is 7.58. The van der Waals surface area contributed by atoms with Gasteiger partial charge in [0.05, 0.1) is 11.3 Å². The van der Waals surface area contributed by atoms with Gasteiger partial charge in [0.15, 0.2) is 0 Å². The summed E-state index contributed by atoms with van der Waals surface area (Å²) in [5.41, 5.74) is 0.392. The quantitative estimate of drug-likeness (QED) is 0.815. The fourth-order valence-electron chi connectivity index (χ4n) is 2.02. The number of carbonyl (C=O) groups is 2. The Morgan fingerprint density at radius 3 is 2.53 bits per heavy atom. The van der Waals surface area contributed by atoms with Gasteiger partial charge in [-0.3, -0.25) is 4.79 Å². The van der Waals surface area contributed by atoms with Crippen molar-refractivity contribution < 1.29 is 14.7 Å². The highest BCUT2D eigenvalue weighted by Gasteiger charge is 2.22.